The minimum atomic E-state index is -3.56. The Bertz CT molecular complexity index is 625. The van der Waals surface area contributed by atoms with Gasteiger partial charge in [0.05, 0.1) is 12.2 Å². The lowest BCUT2D eigenvalue weighted by Crippen LogP contribution is -2.30. The van der Waals surface area contributed by atoms with Gasteiger partial charge in [-0.05, 0) is 50.4 Å². The quantitative estimate of drug-likeness (QED) is 0.920. The molecule has 2 heterocycles. The van der Waals surface area contributed by atoms with Crippen LogP contribution in [0, 0.1) is 5.92 Å². The molecule has 0 aromatic heterocycles. The first-order chi connectivity index (χ1) is 9.67. The Balaban J connectivity index is 0.00000161. The summed E-state index contributed by atoms with van der Waals surface area (Å²) in [4.78, 5) is 0.245. The molecule has 0 amide bonds. The van der Waals surface area contributed by atoms with E-state index in [4.69, 9.17) is 4.74 Å². The molecule has 1 aromatic rings. The van der Waals surface area contributed by atoms with E-state index in [-0.39, 0.29) is 23.2 Å². The van der Waals surface area contributed by atoms with Crippen molar-refractivity contribution in [2.45, 2.75) is 24.2 Å². The molecule has 2 aliphatic rings. The van der Waals surface area contributed by atoms with Crippen molar-refractivity contribution in [2.75, 3.05) is 19.7 Å². The van der Waals surface area contributed by atoms with E-state index in [1.54, 1.807) is 24.3 Å². The van der Waals surface area contributed by atoms with Crippen molar-refractivity contribution in [3.63, 3.8) is 0 Å². The van der Waals surface area contributed by atoms with Crippen molar-refractivity contribution in [2.24, 2.45) is 10.3 Å². The number of rotatable bonds is 3. The maximum atomic E-state index is 11.9. The normalized spacial score (nSPS) is 22.9. The molecule has 0 saturated carbocycles. The predicted octanol–water partition coefficient (Wildman–Crippen LogP) is 1.96. The smallest absolute Gasteiger partial charge is 0.286 e. The van der Waals surface area contributed by atoms with Gasteiger partial charge in [-0.3, -0.25) is 0 Å². The highest BCUT2D eigenvalue weighted by Crippen LogP contribution is 2.26. The highest BCUT2D eigenvalue weighted by molar-refractivity contribution is 7.90. The number of nitrogens with one attached hydrogen (secondary N) is 1. The van der Waals surface area contributed by atoms with Gasteiger partial charge in [0.15, 0.2) is 0 Å². The van der Waals surface area contributed by atoms with Crippen LogP contribution in [-0.2, 0) is 14.8 Å². The van der Waals surface area contributed by atoms with Crippen molar-refractivity contribution >= 4 is 28.3 Å². The molecular weight excluding hydrogens is 312 g/mol. The van der Waals surface area contributed by atoms with Gasteiger partial charge in [-0.1, -0.05) is 12.1 Å². The summed E-state index contributed by atoms with van der Waals surface area (Å²) in [5.74, 6) is 0.849. The lowest BCUT2D eigenvalue weighted by Gasteiger charge is -2.22. The fourth-order valence-corrected chi connectivity index (χ4v) is 3.82. The number of hydrogen-bond acceptors (Lipinski definition) is 4. The van der Waals surface area contributed by atoms with E-state index in [1.165, 1.54) is 12.8 Å². The number of benzene rings is 1. The topological polar surface area (TPSA) is 67.8 Å². The van der Waals surface area contributed by atoms with Crippen molar-refractivity contribution in [3.8, 4) is 0 Å². The Kier molecular flexibility index (Phi) is 5.24. The van der Waals surface area contributed by atoms with Crippen LogP contribution in [0.15, 0.2) is 33.6 Å². The summed E-state index contributed by atoms with van der Waals surface area (Å²) in [6, 6.07) is 6.79. The predicted molar refractivity (Wildman–Crippen MR) is 83.6 cm³/mol. The first-order valence-electron chi connectivity index (χ1n) is 6.95. The third kappa shape index (κ3) is 3.56. The number of halogens is 1. The van der Waals surface area contributed by atoms with Crippen LogP contribution in [0.25, 0.3) is 0 Å². The maximum absolute atomic E-state index is 11.9. The Morgan fingerprint density at radius 2 is 2.14 bits per heavy atom. The second kappa shape index (κ2) is 6.77. The minimum absolute atomic E-state index is 0. The van der Waals surface area contributed by atoms with Gasteiger partial charge in [0.25, 0.3) is 10.0 Å². The van der Waals surface area contributed by atoms with Crippen molar-refractivity contribution in [3.05, 3.63) is 29.8 Å². The molecule has 1 unspecified atom stereocenters. The number of sulfonamides is 1. The van der Waals surface area contributed by atoms with Crippen LogP contribution >= 0.6 is 12.4 Å². The first kappa shape index (κ1) is 16.3. The third-order valence-electron chi connectivity index (χ3n) is 3.76. The third-order valence-corrected chi connectivity index (χ3v) is 5.08. The van der Waals surface area contributed by atoms with Crippen LogP contribution in [0.5, 0.6) is 0 Å². The molecule has 116 valence electrons. The molecule has 0 radical (unpaired) electrons. The summed E-state index contributed by atoms with van der Waals surface area (Å²) >= 11 is 0. The molecule has 1 fully saturated rings. The summed E-state index contributed by atoms with van der Waals surface area (Å²) in [6.07, 6.45) is 3.33. The summed E-state index contributed by atoms with van der Waals surface area (Å²) in [6.45, 7) is 2.62. The van der Waals surface area contributed by atoms with Gasteiger partial charge >= 0.3 is 0 Å². The number of fused-ring (bicyclic) bond motifs is 1. The summed E-state index contributed by atoms with van der Waals surface area (Å²) in [5, 5.41) is 3.36. The lowest BCUT2D eigenvalue weighted by atomic mass is 9.97. The Hall–Kier alpha value is -1.11. The van der Waals surface area contributed by atoms with Gasteiger partial charge in [-0.25, -0.2) is 0 Å². The average Bonchev–Trinajstić information content (AvgIpc) is 2.72. The van der Waals surface area contributed by atoms with Crippen molar-refractivity contribution in [1.82, 2.24) is 5.32 Å². The Labute approximate surface area is 131 Å². The van der Waals surface area contributed by atoms with Crippen LogP contribution < -0.4 is 5.32 Å². The van der Waals surface area contributed by atoms with Gasteiger partial charge in [0.1, 0.15) is 4.90 Å². The van der Waals surface area contributed by atoms with Crippen molar-refractivity contribution < 1.29 is 13.2 Å². The standard InChI is InChI=1S/C14H18N2O3S.ClH/c17-20(18)13-6-2-1-5-12(13)14(16-20)19-9-7-11-4-3-8-15-10-11;/h1-2,5-6,11,15H,3-4,7-10H2;1H. The van der Waals surface area contributed by atoms with Crippen LogP contribution in [0.1, 0.15) is 24.8 Å². The molecule has 3 rings (SSSR count). The number of hydrogen-bond donors (Lipinski definition) is 1. The van der Waals surface area contributed by atoms with E-state index in [2.05, 4.69) is 9.71 Å². The highest BCUT2D eigenvalue weighted by atomic mass is 35.5. The van der Waals surface area contributed by atoms with E-state index in [1.807, 2.05) is 0 Å². The zero-order valence-corrected chi connectivity index (χ0v) is 13.3. The molecule has 2 aliphatic heterocycles. The average molecular weight is 331 g/mol. The summed E-state index contributed by atoms with van der Waals surface area (Å²) in [5.41, 5.74) is 0.578. The van der Waals surface area contributed by atoms with Gasteiger partial charge in [-0.15, -0.1) is 16.8 Å². The number of nitrogens with zero attached hydrogens (tertiary/aromatic N) is 1. The zero-order valence-electron chi connectivity index (χ0n) is 11.6. The van der Waals surface area contributed by atoms with E-state index in [0.29, 0.717) is 18.1 Å². The first-order valence-corrected chi connectivity index (χ1v) is 8.39. The fourth-order valence-electron chi connectivity index (χ4n) is 2.67. The molecule has 0 aliphatic carbocycles. The van der Waals surface area contributed by atoms with Gasteiger partial charge in [0.2, 0.25) is 5.90 Å². The summed E-state index contributed by atoms with van der Waals surface area (Å²) in [7, 11) is -3.56. The van der Waals surface area contributed by atoms with Crippen LogP contribution in [0.2, 0.25) is 0 Å². The van der Waals surface area contributed by atoms with Crippen molar-refractivity contribution in [1.29, 1.82) is 0 Å². The number of ether oxygens (including phenoxy) is 1. The van der Waals surface area contributed by atoms with Crippen LogP contribution in [0.3, 0.4) is 0 Å². The lowest BCUT2D eigenvalue weighted by molar-refractivity contribution is 0.246. The molecule has 1 aromatic carbocycles. The molecular formula is C14H19ClN2O3S. The Morgan fingerprint density at radius 1 is 1.33 bits per heavy atom. The van der Waals surface area contributed by atoms with Gasteiger partial charge < -0.3 is 10.1 Å². The maximum Gasteiger partial charge on any atom is 0.286 e. The van der Waals surface area contributed by atoms with E-state index < -0.39 is 10.0 Å². The molecule has 0 bridgehead atoms. The molecule has 5 nitrogen and oxygen atoms in total. The highest BCUT2D eigenvalue weighted by Gasteiger charge is 2.29. The molecule has 21 heavy (non-hydrogen) atoms. The fraction of sp³-hybridized carbons (Fsp3) is 0.500. The van der Waals surface area contributed by atoms with E-state index in [0.717, 1.165) is 19.5 Å². The molecule has 1 atom stereocenters. The second-order valence-corrected chi connectivity index (χ2v) is 6.79. The Morgan fingerprint density at radius 3 is 2.90 bits per heavy atom. The largest absolute Gasteiger partial charge is 0.477 e. The monoisotopic (exact) mass is 330 g/mol. The molecule has 1 N–H and O–H groups in total. The number of piperidine rings is 1. The van der Waals surface area contributed by atoms with Crippen LogP contribution in [0.4, 0.5) is 0 Å². The SMILES string of the molecule is Cl.O=S1(=O)N=C(OCCC2CCCNC2)c2ccccc21. The molecule has 0 spiro atoms. The molecule has 7 heteroatoms. The second-order valence-electron chi connectivity index (χ2n) is 5.22. The van der Waals surface area contributed by atoms with Gasteiger partial charge in [-0.2, -0.15) is 8.42 Å². The van der Waals surface area contributed by atoms with Crippen LogP contribution in [-0.4, -0.2) is 34.0 Å². The van der Waals surface area contributed by atoms with E-state index >= 15 is 0 Å². The van der Waals surface area contributed by atoms with Gasteiger partial charge in [0, 0.05) is 0 Å². The minimum Gasteiger partial charge on any atom is -0.477 e. The van der Waals surface area contributed by atoms with E-state index in [9.17, 15) is 8.42 Å². The zero-order chi connectivity index (χ0) is 14.0. The summed E-state index contributed by atoms with van der Waals surface area (Å²) < 4.78 is 33.0. The molecule has 1 saturated heterocycles.